The zero-order valence-corrected chi connectivity index (χ0v) is 14.1. The summed E-state index contributed by atoms with van der Waals surface area (Å²) in [5, 5.41) is 13.7. The van der Waals surface area contributed by atoms with Gasteiger partial charge < -0.3 is 14.8 Å². The third-order valence-corrected chi connectivity index (χ3v) is 4.14. The van der Waals surface area contributed by atoms with Crippen LogP contribution in [-0.2, 0) is 0 Å². The fourth-order valence-electron chi connectivity index (χ4n) is 2.49. The fourth-order valence-corrected chi connectivity index (χ4v) is 2.67. The maximum Gasteiger partial charge on any atom is 0.288 e. The molecule has 1 amide bonds. The molecule has 1 aliphatic heterocycles. The number of nitro benzene ring substituents is 1. The molecule has 8 heteroatoms. The number of benzene rings is 2. The summed E-state index contributed by atoms with van der Waals surface area (Å²) in [6, 6.07) is 9.06. The molecule has 0 spiro atoms. The lowest BCUT2D eigenvalue weighted by molar-refractivity contribution is -0.384. The average Bonchev–Trinajstić information content (AvgIpc) is 2.61. The third-order valence-electron chi connectivity index (χ3n) is 3.82. The van der Waals surface area contributed by atoms with E-state index in [4.69, 9.17) is 21.1 Å². The van der Waals surface area contributed by atoms with Crippen LogP contribution in [0.25, 0.3) is 0 Å². The number of hydrogen-bond acceptors (Lipinski definition) is 5. The van der Waals surface area contributed by atoms with E-state index in [9.17, 15) is 14.9 Å². The highest BCUT2D eigenvalue weighted by Crippen LogP contribution is 2.32. The topological polar surface area (TPSA) is 90.7 Å². The number of hydrogen-bond donors (Lipinski definition) is 1. The Labute approximate surface area is 148 Å². The van der Waals surface area contributed by atoms with Gasteiger partial charge in [-0.15, -0.1) is 0 Å². The molecule has 1 aliphatic rings. The van der Waals surface area contributed by atoms with E-state index in [1.807, 2.05) is 19.1 Å². The predicted octanol–water partition coefficient (Wildman–Crippen LogP) is 3.51. The van der Waals surface area contributed by atoms with Crippen molar-refractivity contribution >= 4 is 23.2 Å². The van der Waals surface area contributed by atoms with Crippen molar-refractivity contribution < 1.29 is 19.2 Å². The van der Waals surface area contributed by atoms with Gasteiger partial charge in [0.1, 0.15) is 18.2 Å². The molecule has 0 fully saturated rings. The molecular formula is C17H15ClN2O5. The van der Waals surface area contributed by atoms with Crippen LogP contribution < -0.4 is 14.8 Å². The van der Waals surface area contributed by atoms with E-state index in [0.717, 1.165) is 11.6 Å². The number of ether oxygens (including phenoxy) is 2. The van der Waals surface area contributed by atoms with Crippen LogP contribution in [0.1, 0.15) is 28.9 Å². The van der Waals surface area contributed by atoms with Gasteiger partial charge in [-0.3, -0.25) is 14.9 Å². The molecule has 0 aromatic heterocycles. The van der Waals surface area contributed by atoms with Gasteiger partial charge >= 0.3 is 0 Å². The Morgan fingerprint density at radius 1 is 1.20 bits per heavy atom. The standard InChI is InChI=1S/C17H15ClN2O5/c1-10(11-3-5-15-16(9-11)25-7-6-24-15)19-17(21)12-2-4-13(18)14(8-12)20(22)23/h2-5,8-10H,6-7H2,1H3,(H,19,21)/t10-/m1/s1. The van der Waals surface area contributed by atoms with Crippen molar-refractivity contribution in [1.29, 1.82) is 0 Å². The van der Waals surface area contributed by atoms with Crippen LogP contribution in [0.3, 0.4) is 0 Å². The number of fused-ring (bicyclic) bond motifs is 1. The molecule has 1 atom stereocenters. The SMILES string of the molecule is C[C@@H](NC(=O)c1ccc(Cl)c([N+](=O)[O-])c1)c1ccc2c(c1)OCCO2. The molecule has 130 valence electrons. The summed E-state index contributed by atoms with van der Waals surface area (Å²) in [4.78, 5) is 22.7. The molecular weight excluding hydrogens is 348 g/mol. The Morgan fingerprint density at radius 2 is 1.92 bits per heavy atom. The maximum atomic E-state index is 12.4. The molecule has 0 saturated heterocycles. The number of amides is 1. The van der Waals surface area contributed by atoms with Crippen molar-refractivity contribution in [3.05, 3.63) is 62.7 Å². The van der Waals surface area contributed by atoms with Gasteiger partial charge in [-0.25, -0.2) is 0 Å². The van der Waals surface area contributed by atoms with Crippen molar-refractivity contribution in [3.63, 3.8) is 0 Å². The molecule has 3 rings (SSSR count). The molecule has 0 unspecified atom stereocenters. The van der Waals surface area contributed by atoms with Crippen molar-refractivity contribution in [2.45, 2.75) is 13.0 Å². The second-order valence-electron chi connectivity index (χ2n) is 5.52. The van der Waals surface area contributed by atoms with Crippen LogP contribution in [0, 0.1) is 10.1 Å². The lowest BCUT2D eigenvalue weighted by atomic mass is 10.1. The van der Waals surface area contributed by atoms with E-state index in [0.29, 0.717) is 24.7 Å². The Morgan fingerprint density at radius 3 is 2.64 bits per heavy atom. The summed E-state index contributed by atoms with van der Waals surface area (Å²) < 4.78 is 11.0. The predicted molar refractivity (Wildman–Crippen MR) is 91.4 cm³/mol. The monoisotopic (exact) mass is 362 g/mol. The molecule has 1 heterocycles. The Kier molecular flexibility index (Phi) is 4.76. The second kappa shape index (κ2) is 6.98. The van der Waals surface area contributed by atoms with Gasteiger partial charge in [0.05, 0.1) is 11.0 Å². The summed E-state index contributed by atoms with van der Waals surface area (Å²) in [6.07, 6.45) is 0. The van der Waals surface area contributed by atoms with Crippen molar-refractivity contribution in [2.75, 3.05) is 13.2 Å². The smallest absolute Gasteiger partial charge is 0.288 e. The van der Waals surface area contributed by atoms with Crippen LogP contribution in [0.2, 0.25) is 5.02 Å². The highest BCUT2D eigenvalue weighted by Gasteiger charge is 2.19. The van der Waals surface area contributed by atoms with E-state index < -0.39 is 10.8 Å². The van der Waals surface area contributed by atoms with Gasteiger partial charge in [0.25, 0.3) is 11.6 Å². The van der Waals surface area contributed by atoms with Crippen LogP contribution >= 0.6 is 11.6 Å². The summed E-state index contributed by atoms with van der Waals surface area (Å²) in [7, 11) is 0. The van der Waals surface area contributed by atoms with Crippen molar-refractivity contribution in [3.8, 4) is 11.5 Å². The summed E-state index contributed by atoms with van der Waals surface area (Å²) >= 11 is 5.77. The van der Waals surface area contributed by atoms with Gasteiger partial charge in [0, 0.05) is 11.6 Å². The van der Waals surface area contributed by atoms with Gasteiger partial charge in [-0.1, -0.05) is 17.7 Å². The molecule has 1 N–H and O–H groups in total. The van der Waals surface area contributed by atoms with Crippen LogP contribution in [-0.4, -0.2) is 24.0 Å². The van der Waals surface area contributed by atoms with Gasteiger partial charge in [0.2, 0.25) is 0 Å². The first-order valence-electron chi connectivity index (χ1n) is 7.60. The lowest BCUT2D eigenvalue weighted by Gasteiger charge is -2.21. The normalized spacial score (nSPS) is 13.8. The van der Waals surface area contributed by atoms with Gasteiger partial charge in [-0.05, 0) is 36.8 Å². The van der Waals surface area contributed by atoms with Crippen molar-refractivity contribution in [2.24, 2.45) is 0 Å². The molecule has 0 saturated carbocycles. The van der Waals surface area contributed by atoms with E-state index >= 15 is 0 Å². The molecule has 25 heavy (non-hydrogen) atoms. The molecule has 2 aromatic rings. The lowest BCUT2D eigenvalue weighted by Crippen LogP contribution is -2.27. The average molecular weight is 363 g/mol. The summed E-state index contributed by atoms with van der Waals surface area (Å²) in [5.74, 6) is 0.871. The number of nitro groups is 1. The van der Waals surface area contributed by atoms with Gasteiger partial charge in [0.15, 0.2) is 11.5 Å². The highest BCUT2D eigenvalue weighted by atomic mass is 35.5. The molecule has 0 bridgehead atoms. The minimum absolute atomic E-state index is 0.0126. The first-order chi connectivity index (χ1) is 12.0. The van der Waals surface area contributed by atoms with E-state index in [2.05, 4.69) is 5.32 Å². The number of halogens is 1. The Hall–Kier alpha value is -2.80. The zero-order chi connectivity index (χ0) is 18.0. The quantitative estimate of drug-likeness (QED) is 0.663. The van der Waals surface area contributed by atoms with Crippen molar-refractivity contribution in [1.82, 2.24) is 5.32 Å². The number of carbonyl (C=O) groups is 1. The Balaban J connectivity index is 1.76. The minimum Gasteiger partial charge on any atom is -0.486 e. The molecule has 0 radical (unpaired) electrons. The van der Waals surface area contributed by atoms with E-state index in [-0.39, 0.29) is 22.3 Å². The van der Waals surface area contributed by atoms with E-state index in [1.165, 1.54) is 12.1 Å². The Bertz CT molecular complexity index is 840. The second-order valence-corrected chi connectivity index (χ2v) is 5.93. The summed E-state index contributed by atoms with van der Waals surface area (Å²) in [6.45, 7) is 2.80. The maximum absolute atomic E-state index is 12.4. The summed E-state index contributed by atoms with van der Waals surface area (Å²) in [5.41, 5.74) is 0.697. The molecule has 0 aliphatic carbocycles. The minimum atomic E-state index is -0.622. The van der Waals surface area contributed by atoms with Crippen LogP contribution in [0.5, 0.6) is 11.5 Å². The number of nitrogens with zero attached hydrogens (tertiary/aromatic N) is 1. The first kappa shape index (κ1) is 17.0. The largest absolute Gasteiger partial charge is 0.486 e. The van der Waals surface area contributed by atoms with Crippen LogP contribution in [0.15, 0.2) is 36.4 Å². The number of rotatable bonds is 4. The number of carbonyl (C=O) groups excluding carboxylic acids is 1. The first-order valence-corrected chi connectivity index (χ1v) is 7.98. The van der Waals surface area contributed by atoms with Gasteiger partial charge in [-0.2, -0.15) is 0 Å². The van der Waals surface area contributed by atoms with Crippen LogP contribution in [0.4, 0.5) is 5.69 Å². The fraction of sp³-hybridized carbons (Fsp3) is 0.235. The third kappa shape index (κ3) is 3.66. The highest BCUT2D eigenvalue weighted by molar-refractivity contribution is 6.32. The number of nitrogens with one attached hydrogen (secondary N) is 1. The molecule has 7 nitrogen and oxygen atoms in total. The zero-order valence-electron chi connectivity index (χ0n) is 13.3. The molecule has 2 aromatic carbocycles. The van der Waals surface area contributed by atoms with E-state index in [1.54, 1.807) is 6.07 Å².